The summed E-state index contributed by atoms with van der Waals surface area (Å²) in [7, 11) is 0. The number of carboxylic acid groups (broad SMARTS) is 1. The molecule has 1 aliphatic rings. The summed E-state index contributed by atoms with van der Waals surface area (Å²) < 4.78 is 0. The van der Waals surface area contributed by atoms with Crippen molar-refractivity contribution in [2.24, 2.45) is 5.92 Å². The van der Waals surface area contributed by atoms with E-state index in [9.17, 15) is 4.79 Å². The lowest BCUT2D eigenvalue weighted by Crippen LogP contribution is -2.36. The molecular weight excluding hydrogens is 214 g/mol. The Labute approximate surface area is 104 Å². The summed E-state index contributed by atoms with van der Waals surface area (Å²) in [4.78, 5) is 10.9. The molecule has 0 heterocycles. The third-order valence-electron chi connectivity index (χ3n) is 3.54. The Hall–Kier alpha value is -0.830. The van der Waals surface area contributed by atoms with Crippen molar-refractivity contribution < 1.29 is 9.90 Å². The number of carboxylic acids is 1. The molecule has 1 saturated carbocycles. The fraction of sp³-hybridized carbons (Fsp3) is 0.786. The molecule has 0 radical (unpaired) electrons. The van der Waals surface area contributed by atoms with Gasteiger partial charge in [0.2, 0.25) is 0 Å². The first kappa shape index (κ1) is 14.2. The molecule has 2 unspecified atom stereocenters. The van der Waals surface area contributed by atoms with Crippen LogP contribution < -0.4 is 5.32 Å². The molecule has 0 spiro atoms. The maximum atomic E-state index is 10.9. The van der Waals surface area contributed by atoms with Gasteiger partial charge in [-0.25, -0.2) is 0 Å². The van der Waals surface area contributed by atoms with Crippen LogP contribution in [0.3, 0.4) is 0 Å². The van der Waals surface area contributed by atoms with Crippen LogP contribution in [0, 0.1) is 5.92 Å². The SMILES string of the molecule is C=CCCCCCNC1CCCC(C(=O)O)C1. The molecule has 3 nitrogen and oxygen atoms in total. The van der Waals surface area contributed by atoms with E-state index >= 15 is 0 Å². The van der Waals surface area contributed by atoms with Crippen molar-refractivity contribution in [3.8, 4) is 0 Å². The highest BCUT2D eigenvalue weighted by molar-refractivity contribution is 5.70. The molecule has 0 amide bonds. The van der Waals surface area contributed by atoms with E-state index in [1.807, 2.05) is 6.08 Å². The number of allylic oxidation sites excluding steroid dienone is 1. The van der Waals surface area contributed by atoms with Gasteiger partial charge in [-0.3, -0.25) is 4.79 Å². The van der Waals surface area contributed by atoms with Crippen LogP contribution in [0.2, 0.25) is 0 Å². The zero-order chi connectivity index (χ0) is 12.5. The molecule has 0 aromatic heterocycles. The number of hydrogen-bond acceptors (Lipinski definition) is 2. The van der Waals surface area contributed by atoms with Gasteiger partial charge in [0.1, 0.15) is 0 Å². The lowest BCUT2D eigenvalue weighted by atomic mass is 9.86. The minimum atomic E-state index is -0.623. The Balaban J connectivity index is 2.06. The standard InChI is InChI=1S/C14H25NO2/c1-2-3-4-5-6-10-15-13-9-7-8-12(11-13)14(16)17/h2,12-13,15H,1,3-11H2,(H,16,17). The van der Waals surface area contributed by atoms with E-state index in [0.29, 0.717) is 6.04 Å². The van der Waals surface area contributed by atoms with Gasteiger partial charge < -0.3 is 10.4 Å². The van der Waals surface area contributed by atoms with Crippen LogP contribution in [0.1, 0.15) is 51.4 Å². The number of unbranched alkanes of at least 4 members (excludes halogenated alkanes) is 3. The largest absolute Gasteiger partial charge is 0.481 e. The van der Waals surface area contributed by atoms with Gasteiger partial charge in [-0.2, -0.15) is 0 Å². The molecule has 0 aromatic rings. The van der Waals surface area contributed by atoms with E-state index in [0.717, 1.165) is 38.6 Å². The van der Waals surface area contributed by atoms with E-state index < -0.39 is 5.97 Å². The van der Waals surface area contributed by atoms with Crippen molar-refractivity contribution in [1.29, 1.82) is 0 Å². The van der Waals surface area contributed by atoms with Gasteiger partial charge in [0.15, 0.2) is 0 Å². The maximum Gasteiger partial charge on any atom is 0.306 e. The molecule has 1 fully saturated rings. The van der Waals surface area contributed by atoms with Gasteiger partial charge >= 0.3 is 5.97 Å². The predicted octanol–water partition coefficient (Wildman–Crippen LogP) is 2.97. The molecule has 0 bridgehead atoms. The predicted molar refractivity (Wildman–Crippen MR) is 70.0 cm³/mol. The number of aliphatic carboxylic acids is 1. The van der Waals surface area contributed by atoms with Crippen LogP contribution in [0.15, 0.2) is 12.7 Å². The minimum Gasteiger partial charge on any atom is -0.481 e. The van der Waals surface area contributed by atoms with E-state index in [-0.39, 0.29) is 5.92 Å². The molecule has 2 N–H and O–H groups in total. The first-order valence-corrected chi connectivity index (χ1v) is 6.81. The van der Waals surface area contributed by atoms with E-state index in [1.165, 1.54) is 19.3 Å². The molecule has 2 atom stereocenters. The highest BCUT2D eigenvalue weighted by Gasteiger charge is 2.26. The van der Waals surface area contributed by atoms with Crippen LogP contribution in [-0.4, -0.2) is 23.7 Å². The quantitative estimate of drug-likeness (QED) is 0.506. The van der Waals surface area contributed by atoms with Crippen LogP contribution in [-0.2, 0) is 4.79 Å². The van der Waals surface area contributed by atoms with Gasteiger partial charge in [0.05, 0.1) is 5.92 Å². The summed E-state index contributed by atoms with van der Waals surface area (Å²) in [5, 5.41) is 12.5. The fourth-order valence-corrected chi connectivity index (χ4v) is 2.50. The number of carbonyl (C=O) groups is 1. The number of hydrogen-bond donors (Lipinski definition) is 2. The second-order valence-corrected chi connectivity index (χ2v) is 4.99. The van der Waals surface area contributed by atoms with Crippen LogP contribution in [0.4, 0.5) is 0 Å². The molecule has 17 heavy (non-hydrogen) atoms. The Morgan fingerprint density at radius 3 is 2.88 bits per heavy atom. The molecule has 0 saturated heterocycles. The molecule has 0 aliphatic heterocycles. The summed E-state index contributed by atoms with van der Waals surface area (Å²) >= 11 is 0. The average Bonchev–Trinajstić information content (AvgIpc) is 2.34. The molecular formula is C14H25NO2. The van der Waals surface area contributed by atoms with Gasteiger partial charge in [-0.05, 0) is 45.1 Å². The minimum absolute atomic E-state index is 0.123. The van der Waals surface area contributed by atoms with Gasteiger partial charge in [-0.1, -0.05) is 18.9 Å². The lowest BCUT2D eigenvalue weighted by molar-refractivity contribution is -0.143. The van der Waals surface area contributed by atoms with Crippen molar-refractivity contribution in [2.45, 2.75) is 57.4 Å². The average molecular weight is 239 g/mol. The highest BCUT2D eigenvalue weighted by Crippen LogP contribution is 2.24. The van der Waals surface area contributed by atoms with Crippen molar-refractivity contribution in [3.05, 3.63) is 12.7 Å². The molecule has 1 aliphatic carbocycles. The second kappa shape index (κ2) is 8.29. The number of nitrogens with one attached hydrogen (secondary N) is 1. The van der Waals surface area contributed by atoms with E-state index in [1.54, 1.807) is 0 Å². The van der Waals surface area contributed by atoms with Crippen LogP contribution >= 0.6 is 0 Å². The smallest absolute Gasteiger partial charge is 0.306 e. The van der Waals surface area contributed by atoms with E-state index in [2.05, 4.69) is 11.9 Å². The lowest BCUT2D eigenvalue weighted by Gasteiger charge is -2.27. The summed E-state index contributed by atoms with van der Waals surface area (Å²) in [6.07, 6.45) is 10.5. The monoisotopic (exact) mass is 239 g/mol. The van der Waals surface area contributed by atoms with Crippen molar-refractivity contribution in [1.82, 2.24) is 5.32 Å². The maximum absolute atomic E-state index is 10.9. The Kier molecular flexibility index (Phi) is 6.94. The van der Waals surface area contributed by atoms with Crippen LogP contribution in [0.5, 0.6) is 0 Å². The summed E-state index contributed by atoms with van der Waals surface area (Å²) in [6, 6.07) is 0.421. The Morgan fingerprint density at radius 1 is 1.35 bits per heavy atom. The van der Waals surface area contributed by atoms with Crippen molar-refractivity contribution in [3.63, 3.8) is 0 Å². The number of rotatable bonds is 8. The normalized spacial score (nSPS) is 24.5. The van der Waals surface area contributed by atoms with Gasteiger partial charge in [0, 0.05) is 6.04 Å². The highest BCUT2D eigenvalue weighted by atomic mass is 16.4. The summed E-state index contributed by atoms with van der Waals surface area (Å²) in [6.45, 7) is 4.73. The Bertz CT molecular complexity index is 240. The first-order valence-electron chi connectivity index (χ1n) is 6.81. The topological polar surface area (TPSA) is 49.3 Å². The van der Waals surface area contributed by atoms with Crippen molar-refractivity contribution >= 4 is 5.97 Å². The van der Waals surface area contributed by atoms with E-state index in [4.69, 9.17) is 5.11 Å². The Morgan fingerprint density at radius 2 is 2.18 bits per heavy atom. The summed E-state index contributed by atoms with van der Waals surface area (Å²) in [5.41, 5.74) is 0. The van der Waals surface area contributed by atoms with Gasteiger partial charge in [0.25, 0.3) is 0 Å². The zero-order valence-corrected chi connectivity index (χ0v) is 10.7. The summed E-state index contributed by atoms with van der Waals surface area (Å²) in [5.74, 6) is -0.746. The molecule has 0 aromatic carbocycles. The molecule has 98 valence electrons. The van der Waals surface area contributed by atoms with Gasteiger partial charge in [-0.15, -0.1) is 6.58 Å². The zero-order valence-electron chi connectivity index (χ0n) is 10.7. The fourth-order valence-electron chi connectivity index (χ4n) is 2.50. The molecule has 1 rings (SSSR count). The van der Waals surface area contributed by atoms with Crippen LogP contribution in [0.25, 0.3) is 0 Å². The second-order valence-electron chi connectivity index (χ2n) is 4.99. The third-order valence-corrected chi connectivity index (χ3v) is 3.54. The van der Waals surface area contributed by atoms with Crippen molar-refractivity contribution in [2.75, 3.05) is 6.54 Å². The molecule has 3 heteroatoms. The first-order chi connectivity index (χ1) is 8.24. The third kappa shape index (κ3) is 5.87.